The Bertz CT molecular complexity index is 1020. The van der Waals surface area contributed by atoms with Gasteiger partial charge in [-0.1, -0.05) is 224 Å². The number of aliphatic hydroxyl groups is 5. The molecule has 0 spiro atoms. The van der Waals surface area contributed by atoms with Gasteiger partial charge >= 0.3 is 0 Å². The third kappa shape index (κ3) is 33.2. The molecule has 1 saturated heterocycles. The van der Waals surface area contributed by atoms with Gasteiger partial charge in [-0.25, -0.2) is 0 Å². The maximum absolute atomic E-state index is 13.0. The molecule has 7 unspecified atom stereocenters. The summed E-state index contributed by atoms with van der Waals surface area (Å²) in [5.74, 6) is -0.184. The van der Waals surface area contributed by atoms with Crippen LogP contribution in [0.15, 0.2) is 24.3 Å². The van der Waals surface area contributed by atoms with Crippen molar-refractivity contribution in [2.45, 2.75) is 294 Å². The Kier molecular flexibility index (Phi) is 41.2. The maximum atomic E-state index is 13.0. The fraction of sp³-hybridized carbons (Fsp3) is 0.906. The number of allylic oxidation sites excluding steroid dienone is 3. The predicted octanol–water partition coefficient (Wildman–Crippen LogP) is 12.2. The van der Waals surface area contributed by atoms with Crippen LogP contribution in [-0.4, -0.2) is 87.5 Å². The van der Waals surface area contributed by atoms with E-state index >= 15 is 0 Å². The Labute approximate surface area is 381 Å². The molecule has 7 atom stereocenters. The van der Waals surface area contributed by atoms with E-state index in [4.69, 9.17) is 9.47 Å². The van der Waals surface area contributed by atoms with E-state index in [0.29, 0.717) is 6.42 Å². The summed E-state index contributed by atoms with van der Waals surface area (Å²) >= 11 is 0. The zero-order valence-corrected chi connectivity index (χ0v) is 40.4. The standard InChI is InChI=1S/C53H101NO8/c1-3-5-7-9-11-13-15-17-18-19-20-21-22-23-24-25-26-27-28-29-31-32-34-36-38-40-42-47(56)46(45-61-53-52(60)51(59)50(58)48(44-55)62-53)54-49(57)43-41-39-37-35-33-30-16-14-12-10-8-6-4-2/h14,16,40,42,46-48,50-53,55-56,58-60H,3-13,15,17-39,41,43-45H2,1-2H3,(H,54,57)/b16-14-,42-40+. The molecule has 0 aliphatic carbocycles. The van der Waals surface area contributed by atoms with Crippen LogP contribution in [0.4, 0.5) is 0 Å². The van der Waals surface area contributed by atoms with E-state index in [-0.39, 0.29) is 12.5 Å². The minimum absolute atomic E-state index is 0.184. The van der Waals surface area contributed by atoms with Crippen LogP contribution in [0, 0.1) is 0 Å². The number of rotatable bonds is 45. The fourth-order valence-electron chi connectivity index (χ4n) is 8.51. The first-order valence-electron chi connectivity index (χ1n) is 26.6. The van der Waals surface area contributed by atoms with Crippen molar-refractivity contribution in [2.75, 3.05) is 13.2 Å². The first kappa shape index (κ1) is 58.7. The number of unbranched alkanes of at least 4 members (excludes halogenated alkanes) is 33. The second-order valence-electron chi connectivity index (χ2n) is 18.7. The first-order chi connectivity index (χ1) is 30.3. The van der Waals surface area contributed by atoms with Gasteiger partial charge in [0.1, 0.15) is 24.4 Å². The molecule has 1 fully saturated rings. The van der Waals surface area contributed by atoms with Gasteiger partial charge < -0.3 is 40.3 Å². The van der Waals surface area contributed by atoms with E-state index in [0.717, 1.165) is 57.8 Å². The van der Waals surface area contributed by atoms with Gasteiger partial charge in [-0.05, 0) is 44.9 Å². The SMILES string of the molecule is CCCCCC/C=C\CCCCCCCC(=O)NC(COC1OC(CO)C(O)C(O)C1O)C(O)/C=C/CCCCCCCCCCCCCCCCCCCCCCCCCC. The van der Waals surface area contributed by atoms with Crippen molar-refractivity contribution in [3.63, 3.8) is 0 Å². The van der Waals surface area contributed by atoms with E-state index in [1.165, 1.54) is 173 Å². The number of hydrogen-bond acceptors (Lipinski definition) is 8. The summed E-state index contributed by atoms with van der Waals surface area (Å²) in [6.45, 7) is 3.77. The Balaban J connectivity index is 2.23. The second-order valence-corrected chi connectivity index (χ2v) is 18.7. The Morgan fingerprint density at radius 2 is 0.903 bits per heavy atom. The zero-order valence-electron chi connectivity index (χ0n) is 40.4. The van der Waals surface area contributed by atoms with Gasteiger partial charge in [0.25, 0.3) is 0 Å². The predicted molar refractivity (Wildman–Crippen MR) is 258 cm³/mol. The van der Waals surface area contributed by atoms with Crippen LogP contribution < -0.4 is 5.32 Å². The molecule has 366 valence electrons. The third-order valence-corrected chi connectivity index (χ3v) is 12.8. The smallest absolute Gasteiger partial charge is 0.220 e. The highest BCUT2D eigenvalue weighted by Gasteiger charge is 2.44. The average Bonchev–Trinajstić information content (AvgIpc) is 3.27. The molecule has 9 heteroatoms. The van der Waals surface area contributed by atoms with Gasteiger partial charge in [-0.15, -0.1) is 0 Å². The lowest BCUT2D eigenvalue weighted by Gasteiger charge is -2.40. The zero-order chi connectivity index (χ0) is 45.1. The van der Waals surface area contributed by atoms with Crippen LogP contribution in [0.3, 0.4) is 0 Å². The summed E-state index contributed by atoms with van der Waals surface area (Å²) in [4.78, 5) is 13.0. The minimum atomic E-state index is -1.57. The van der Waals surface area contributed by atoms with E-state index in [9.17, 15) is 30.3 Å². The van der Waals surface area contributed by atoms with Gasteiger partial charge in [-0.2, -0.15) is 0 Å². The molecule has 0 aromatic heterocycles. The molecule has 1 amide bonds. The van der Waals surface area contributed by atoms with Crippen molar-refractivity contribution in [3.05, 3.63) is 24.3 Å². The summed E-state index contributed by atoms with van der Waals surface area (Å²) in [6, 6.07) is -0.806. The van der Waals surface area contributed by atoms with Crippen molar-refractivity contribution in [1.82, 2.24) is 5.32 Å². The van der Waals surface area contributed by atoms with Crippen LogP contribution in [0.5, 0.6) is 0 Å². The molecule has 62 heavy (non-hydrogen) atoms. The molecular weight excluding hydrogens is 779 g/mol. The van der Waals surface area contributed by atoms with Gasteiger partial charge in [0, 0.05) is 6.42 Å². The fourth-order valence-corrected chi connectivity index (χ4v) is 8.51. The molecular formula is C53H101NO8. The average molecular weight is 880 g/mol. The maximum Gasteiger partial charge on any atom is 0.220 e. The lowest BCUT2D eigenvalue weighted by atomic mass is 9.99. The van der Waals surface area contributed by atoms with E-state index in [1.54, 1.807) is 6.08 Å². The summed E-state index contributed by atoms with van der Waals surface area (Å²) < 4.78 is 11.2. The van der Waals surface area contributed by atoms with Crippen LogP contribution in [0.2, 0.25) is 0 Å². The summed E-state index contributed by atoms with van der Waals surface area (Å²) in [7, 11) is 0. The monoisotopic (exact) mass is 880 g/mol. The normalized spacial score (nSPS) is 20.4. The summed E-state index contributed by atoms with van der Waals surface area (Å²) in [6.07, 6.45) is 46.7. The molecule has 6 N–H and O–H groups in total. The van der Waals surface area contributed by atoms with Gasteiger partial charge in [0.2, 0.25) is 5.91 Å². The number of amides is 1. The third-order valence-electron chi connectivity index (χ3n) is 12.8. The number of carbonyl (C=O) groups is 1. The van der Waals surface area contributed by atoms with Crippen molar-refractivity contribution in [1.29, 1.82) is 0 Å². The second kappa shape index (κ2) is 43.6. The molecule has 0 saturated carbocycles. The molecule has 1 aliphatic heterocycles. The van der Waals surface area contributed by atoms with Crippen LogP contribution in [-0.2, 0) is 14.3 Å². The molecule has 1 rings (SSSR count). The van der Waals surface area contributed by atoms with Crippen molar-refractivity contribution < 1.29 is 39.8 Å². The van der Waals surface area contributed by atoms with Crippen LogP contribution >= 0.6 is 0 Å². The highest BCUT2D eigenvalue weighted by molar-refractivity contribution is 5.76. The lowest BCUT2D eigenvalue weighted by molar-refractivity contribution is -0.302. The van der Waals surface area contributed by atoms with Crippen molar-refractivity contribution in [3.8, 4) is 0 Å². The highest BCUT2D eigenvalue weighted by Crippen LogP contribution is 2.23. The number of hydrogen-bond donors (Lipinski definition) is 6. The van der Waals surface area contributed by atoms with Crippen molar-refractivity contribution >= 4 is 5.91 Å². The number of aliphatic hydroxyl groups excluding tert-OH is 5. The van der Waals surface area contributed by atoms with Crippen LogP contribution in [0.25, 0.3) is 0 Å². The topological polar surface area (TPSA) is 149 Å². The van der Waals surface area contributed by atoms with Gasteiger partial charge in [0.15, 0.2) is 6.29 Å². The largest absolute Gasteiger partial charge is 0.394 e. The molecule has 1 aliphatic rings. The van der Waals surface area contributed by atoms with E-state index in [1.807, 2.05) is 6.08 Å². The number of carbonyl (C=O) groups excluding carboxylic acids is 1. The number of nitrogens with one attached hydrogen (secondary N) is 1. The molecule has 1 heterocycles. The molecule has 0 radical (unpaired) electrons. The van der Waals surface area contributed by atoms with E-state index in [2.05, 4.69) is 31.3 Å². The molecule has 9 nitrogen and oxygen atoms in total. The quantitative estimate of drug-likeness (QED) is 0.0262. The first-order valence-corrected chi connectivity index (χ1v) is 26.6. The molecule has 0 bridgehead atoms. The van der Waals surface area contributed by atoms with Crippen LogP contribution in [0.1, 0.15) is 251 Å². The van der Waals surface area contributed by atoms with Gasteiger partial charge in [0.05, 0.1) is 25.4 Å². The van der Waals surface area contributed by atoms with E-state index < -0.39 is 49.5 Å². The summed E-state index contributed by atoms with van der Waals surface area (Å²) in [5, 5.41) is 54.3. The number of ether oxygens (including phenoxy) is 2. The molecule has 0 aromatic carbocycles. The minimum Gasteiger partial charge on any atom is -0.394 e. The Hall–Kier alpha value is -1.33. The molecule has 0 aromatic rings. The highest BCUT2D eigenvalue weighted by atomic mass is 16.7. The van der Waals surface area contributed by atoms with Crippen molar-refractivity contribution in [2.24, 2.45) is 0 Å². The Morgan fingerprint density at radius 3 is 1.32 bits per heavy atom. The van der Waals surface area contributed by atoms with Gasteiger partial charge in [-0.3, -0.25) is 4.79 Å². The summed E-state index contributed by atoms with van der Waals surface area (Å²) in [5.41, 5.74) is 0. The lowest BCUT2D eigenvalue weighted by Crippen LogP contribution is -2.60. The Morgan fingerprint density at radius 1 is 0.532 bits per heavy atom.